The number of carbonyl (C=O) groups is 2. The molecule has 1 atom stereocenters. The minimum atomic E-state index is -4.65. The fraction of sp³-hybridized carbons (Fsp3) is 0.714. The van der Waals surface area contributed by atoms with Crippen molar-refractivity contribution < 1.29 is 22.8 Å². The first-order valence-corrected chi connectivity index (χ1v) is 10.1. The maximum Gasteiger partial charge on any atom is 0.416 e. The molecule has 1 saturated carbocycles. The van der Waals surface area contributed by atoms with Crippen LogP contribution in [0.4, 0.5) is 13.2 Å². The molecule has 0 aromatic rings. The number of hydrogen-bond donors (Lipinski definition) is 1. The van der Waals surface area contributed by atoms with Gasteiger partial charge in [0.05, 0.1) is 5.57 Å². The van der Waals surface area contributed by atoms with Gasteiger partial charge in [-0.15, -0.1) is 0 Å². The standard InChI is InChI=1S/C21H32F3N3O2/c1-15(2)11-18(19(25)29)26(3)12-16(17(6-10-28)21(22,23)24)5-9-27-13-20(14-27)7-4-8-20/h6,10,12,15,18H,4-5,7-9,11,13-14H2,1-3H3,(H2,25,29)/b16-12-,17-6+. The van der Waals surface area contributed by atoms with Crippen LogP contribution in [0.3, 0.4) is 0 Å². The van der Waals surface area contributed by atoms with Crippen molar-refractivity contribution in [1.29, 1.82) is 0 Å². The van der Waals surface area contributed by atoms with Crippen molar-refractivity contribution in [2.45, 2.75) is 58.2 Å². The summed E-state index contributed by atoms with van der Waals surface area (Å²) in [6.45, 7) is 6.17. The molecular formula is C21H32F3N3O2. The number of amides is 1. The molecule has 8 heteroatoms. The predicted octanol–water partition coefficient (Wildman–Crippen LogP) is 3.27. The number of likely N-dealkylation sites (N-methyl/N-ethyl adjacent to an activating group) is 1. The Morgan fingerprint density at radius 2 is 1.90 bits per heavy atom. The Labute approximate surface area is 170 Å². The van der Waals surface area contributed by atoms with Crippen LogP contribution >= 0.6 is 0 Å². The van der Waals surface area contributed by atoms with Crippen LogP contribution in [0.15, 0.2) is 23.4 Å². The summed E-state index contributed by atoms with van der Waals surface area (Å²) >= 11 is 0. The topological polar surface area (TPSA) is 66.6 Å². The second kappa shape index (κ2) is 9.32. The molecule has 5 nitrogen and oxygen atoms in total. The maximum absolute atomic E-state index is 13.6. The van der Waals surface area contributed by atoms with Gasteiger partial charge in [-0.3, -0.25) is 9.59 Å². The number of hydrogen-bond acceptors (Lipinski definition) is 4. The van der Waals surface area contributed by atoms with E-state index in [1.165, 1.54) is 30.4 Å². The molecule has 29 heavy (non-hydrogen) atoms. The second-order valence-electron chi connectivity index (χ2n) is 8.90. The van der Waals surface area contributed by atoms with Crippen LogP contribution in [0.5, 0.6) is 0 Å². The summed E-state index contributed by atoms with van der Waals surface area (Å²) in [6.07, 6.45) is 1.60. The zero-order valence-electron chi connectivity index (χ0n) is 17.5. The third kappa shape index (κ3) is 6.07. The third-order valence-corrected chi connectivity index (χ3v) is 5.99. The van der Waals surface area contributed by atoms with Gasteiger partial charge in [0.1, 0.15) is 12.3 Å². The van der Waals surface area contributed by atoms with E-state index in [0.717, 1.165) is 13.1 Å². The number of alkyl halides is 3. The summed E-state index contributed by atoms with van der Waals surface area (Å²) in [5.74, 6) is -0.432. The van der Waals surface area contributed by atoms with E-state index in [9.17, 15) is 22.8 Å². The van der Waals surface area contributed by atoms with Crippen molar-refractivity contribution in [1.82, 2.24) is 9.80 Å². The molecule has 1 aliphatic carbocycles. The summed E-state index contributed by atoms with van der Waals surface area (Å²) in [5.41, 5.74) is 4.90. The summed E-state index contributed by atoms with van der Waals surface area (Å²) in [6, 6.07) is -0.710. The van der Waals surface area contributed by atoms with Crippen molar-refractivity contribution in [3.05, 3.63) is 23.4 Å². The number of rotatable bonds is 10. The largest absolute Gasteiger partial charge is 0.416 e. The Kier molecular flexibility index (Phi) is 7.54. The highest BCUT2D eigenvalue weighted by molar-refractivity contribution is 5.80. The highest BCUT2D eigenvalue weighted by Crippen LogP contribution is 2.48. The van der Waals surface area contributed by atoms with E-state index in [1.807, 2.05) is 13.8 Å². The van der Waals surface area contributed by atoms with Gasteiger partial charge in [-0.2, -0.15) is 13.2 Å². The number of primary amides is 1. The Hall–Kier alpha value is -1.83. The fourth-order valence-corrected chi connectivity index (χ4v) is 4.32. The number of likely N-dealkylation sites (tertiary alicyclic amines) is 1. The Bertz CT molecular complexity index is 659. The molecule has 2 fully saturated rings. The average Bonchev–Trinajstić information content (AvgIpc) is 2.52. The fourth-order valence-electron chi connectivity index (χ4n) is 4.32. The van der Waals surface area contributed by atoms with Gasteiger partial charge >= 0.3 is 6.18 Å². The Morgan fingerprint density at radius 1 is 1.28 bits per heavy atom. The van der Waals surface area contributed by atoms with E-state index in [0.29, 0.717) is 24.5 Å². The van der Waals surface area contributed by atoms with Crippen molar-refractivity contribution in [2.75, 3.05) is 26.7 Å². The van der Waals surface area contributed by atoms with Crippen molar-refractivity contribution >= 4 is 12.2 Å². The SMILES string of the molecule is CC(C)CC(C(N)=O)N(C)/C=C(CCN1CC2(CCC2)C1)\C(=C/C=O)C(F)(F)F. The van der Waals surface area contributed by atoms with Gasteiger partial charge < -0.3 is 15.5 Å². The van der Waals surface area contributed by atoms with Crippen LogP contribution in [0.1, 0.15) is 46.0 Å². The Balaban J connectivity index is 2.19. The molecule has 2 N–H and O–H groups in total. The van der Waals surface area contributed by atoms with Crippen LogP contribution in [0.2, 0.25) is 0 Å². The molecule has 2 aliphatic rings. The molecule has 1 heterocycles. The summed E-state index contributed by atoms with van der Waals surface area (Å²) in [5, 5.41) is 0. The number of nitrogens with two attached hydrogens (primary N) is 1. The van der Waals surface area contributed by atoms with Crippen LogP contribution in [0, 0.1) is 11.3 Å². The molecule has 1 unspecified atom stereocenters. The maximum atomic E-state index is 13.6. The van der Waals surface area contributed by atoms with E-state index in [1.54, 1.807) is 7.05 Å². The first-order valence-electron chi connectivity index (χ1n) is 10.1. The highest BCUT2D eigenvalue weighted by Gasteiger charge is 2.47. The van der Waals surface area contributed by atoms with E-state index < -0.39 is 23.7 Å². The molecule has 164 valence electrons. The number of aldehydes is 1. The normalized spacial score (nSPS) is 20.9. The second-order valence-corrected chi connectivity index (χ2v) is 8.90. The average molecular weight is 416 g/mol. The first kappa shape index (κ1) is 23.4. The molecule has 1 spiro atoms. The van der Waals surface area contributed by atoms with Crippen molar-refractivity contribution in [3.8, 4) is 0 Å². The molecule has 0 radical (unpaired) electrons. The quantitative estimate of drug-likeness (QED) is 0.338. The van der Waals surface area contributed by atoms with E-state index >= 15 is 0 Å². The Morgan fingerprint density at radius 3 is 2.31 bits per heavy atom. The zero-order valence-corrected chi connectivity index (χ0v) is 17.5. The lowest BCUT2D eigenvalue weighted by Crippen LogP contribution is -2.59. The van der Waals surface area contributed by atoms with Crippen LogP contribution in [-0.2, 0) is 9.59 Å². The molecule has 1 saturated heterocycles. The minimum Gasteiger partial charge on any atom is -0.368 e. The predicted molar refractivity (Wildman–Crippen MR) is 106 cm³/mol. The van der Waals surface area contributed by atoms with Gasteiger partial charge in [-0.05, 0) is 48.7 Å². The monoisotopic (exact) mass is 415 g/mol. The zero-order chi connectivity index (χ0) is 21.8. The van der Waals surface area contributed by atoms with E-state index in [4.69, 9.17) is 5.73 Å². The van der Waals surface area contributed by atoms with Gasteiger partial charge in [-0.1, -0.05) is 20.3 Å². The molecule has 2 rings (SSSR count). The molecule has 1 amide bonds. The van der Waals surface area contributed by atoms with Crippen LogP contribution in [-0.4, -0.2) is 60.9 Å². The van der Waals surface area contributed by atoms with E-state index in [2.05, 4.69) is 4.90 Å². The van der Waals surface area contributed by atoms with Crippen LogP contribution < -0.4 is 5.73 Å². The molecular weight excluding hydrogens is 383 g/mol. The molecule has 0 aromatic carbocycles. The van der Waals surface area contributed by atoms with Gasteiger partial charge in [0.15, 0.2) is 0 Å². The van der Waals surface area contributed by atoms with Crippen molar-refractivity contribution in [2.24, 2.45) is 17.1 Å². The van der Waals surface area contributed by atoms with Gasteiger partial charge in [-0.25, -0.2) is 0 Å². The smallest absolute Gasteiger partial charge is 0.368 e. The lowest BCUT2D eigenvalue weighted by atomic mass is 9.63. The lowest BCUT2D eigenvalue weighted by Gasteiger charge is -2.56. The number of allylic oxidation sites excluding steroid dienone is 2. The van der Waals surface area contributed by atoms with Crippen molar-refractivity contribution in [3.63, 3.8) is 0 Å². The number of nitrogens with zero attached hydrogens (tertiary/aromatic N) is 2. The molecule has 1 aliphatic heterocycles. The minimum absolute atomic E-state index is 0.00309. The lowest BCUT2D eigenvalue weighted by molar-refractivity contribution is -0.122. The molecule has 0 aromatic heterocycles. The summed E-state index contributed by atoms with van der Waals surface area (Å²) in [7, 11) is 1.56. The third-order valence-electron chi connectivity index (χ3n) is 5.99. The van der Waals surface area contributed by atoms with Gasteiger partial charge in [0.25, 0.3) is 0 Å². The number of halogens is 3. The van der Waals surface area contributed by atoms with E-state index in [-0.39, 0.29) is 24.2 Å². The van der Waals surface area contributed by atoms with Gasteiger partial charge in [0.2, 0.25) is 5.91 Å². The van der Waals surface area contributed by atoms with Gasteiger partial charge in [0, 0.05) is 32.9 Å². The number of carbonyl (C=O) groups excluding carboxylic acids is 2. The first-order chi connectivity index (χ1) is 13.5. The summed E-state index contributed by atoms with van der Waals surface area (Å²) < 4.78 is 40.8. The molecule has 0 bridgehead atoms. The highest BCUT2D eigenvalue weighted by atomic mass is 19.4. The van der Waals surface area contributed by atoms with Crippen LogP contribution in [0.25, 0.3) is 0 Å². The summed E-state index contributed by atoms with van der Waals surface area (Å²) in [4.78, 5) is 26.3.